The van der Waals surface area contributed by atoms with Crippen molar-refractivity contribution in [1.29, 1.82) is 0 Å². The van der Waals surface area contributed by atoms with E-state index >= 15 is 0 Å². The predicted octanol–water partition coefficient (Wildman–Crippen LogP) is 4.10. The molecular weight excluding hydrogens is 592 g/mol. The first-order chi connectivity index (χ1) is 21.2. The van der Waals surface area contributed by atoms with Crippen LogP contribution in [-0.2, 0) is 32.5 Å². The van der Waals surface area contributed by atoms with Gasteiger partial charge < -0.3 is 20.5 Å². The van der Waals surface area contributed by atoms with Gasteiger partial charge in [0, 0.05) is 19.5 Å². The summed E-state index contributed by atoms with van der Waals surface area (Å²) in [5.41, 5.74) is 1.18. The Morgan fingerprint density at radius 2 is 1.80 bits per heavy atom. The van der Waals surface area contributed by atoms with E-state index in [1.54, 1.807) is 36.4 Å². The van der Waals surface area contributed by atoms with Gasteiger partial charge in [-0.3, -0.25) is 18.8 Å². The number of sulfonamides is 1. The largest absolute Gasteiger partial charge is 0.505 e. The summed E-state index contributed by atoms with van der Waals surface area (Å²) in [5.74, 6) is 0.121. The van der Waals surface area contributed by atoms with E-state index in [2.05, 4.69) is 15.5 Å². The number of para-hydroxylation sites is 1. The minimum atomic E-state index is -3.98. The summed E-state index contributed by atoms with van der Waals surface area (Å²) in [5, 5.41) is 17.3. The molecule has 0 aromatic heterocycles. The summed E-state index contributed by atoms with van der Waals surface area (Å²) in [4.78, 5) is 28.3. The number of benzene rings is 2. The van der Waals surface area contributed by atoms with Crippen LogP contribution in [0.3, 0.4) is 0 Å². The number of ether oxygens (including phenoxy) is 1. The van der Waals surface area contributed by atoms with Crippen LogP contribution in [0.1, 0.15) is 65.5 Å². The number of likely N-dealkylation sites (tertiary alicyclic amines) is 1. The molecule has 3 N–H and O–H groups in total. The van der Waals surface area contributed by atoms with Crippen molar-refractivity contribution in [2.24, 2.45) is 17.3 Å². The van der Waals surface area contributed by atoms with Gasteiger partial charge in [0.25, 0.3) is 10.0 Å². The maximum atomic E-state index is 13.9. The Labute approximate surface area is 268 Å². The smallest absolute Gasteiger partial charge is 0.264 e. The third-order valence-corrected chi connectivity index (χ3v) is 10.1. The highest BCUT2D eigenvalue weighted by atomic mass is 32.2. The number of phenols is 1. The molecule has 2 atom stereocenters. The van der Waals surface area contributed by atoms with E-state index in [1.807, 2.05) is 41.5 Å². The van der Waals surface area contributed by atoms with Gasteiger partial charge in [0.1, 0.15) is 17.5 Å². The first-order valence-corrected chi connectivity index (χ1v) is 17.5. The number of hydrogen-bond acceptors (Lipinski definition) is 7. The summed E-state index contributed by atoms with van der Waals surface area (Å²) < 4.78 is 34.7. The average Bonchev–Trinajstić information content (AvgIpc) is 3.65. The highest BCUT2D eigenvalue weighted by Gasteiger charge is 2.34. The van der Waals surface area contributed by atoms with Crippen molar-refractivity contribution in [2.75, 3.05) is 43.6 Å². The van der Waals surface area contributed by atoms with Gasteiger partial charge in [-0.2, -0.15) is 0 Å². The van der Waals surface area contributed by atoms with Crippen molar-refractivity contribution in [1.82, 2.24) is 15.5 Å². The van der Waals surface area contributed by atoms with Crippen LogP contribution in [0, 0.1) is 17.3 Å². The minimum absolute atomic E-state index is 0.00123. The number of fused-ring (bicyclic) bond motifs is 1. The molecule has 10 nitrogen and oxygen atoms in total. The molecule has 2 aromatic rings. The zero-order chi connectivity index (χ0) is 32.9. The van der Waals surface area contributed by atoms with Crippen molar-refractivity contribution in [3.05, 3.63) is 47.5 Å². The lowest BCUT2D eigenvalue weighted by atomic mass is 9.86. The van der Waals surface area contributed by atoms with Gasteiger partial charge in [-0.05, 0) is 85.0 Å². The Balaban J connectivity index is 1.45. The molecule has 4 rings (SSSR count). The zero-order valence-corrected chi connectivity index (χ0v) is 28.4. The summed E-state index contributed by atoms with van der Waals surface area (Å²) >= 11 is 0. The molecule has 45 heavy (non-hydrogen) atoms. The van der Waals surface area contributed by atoms with Gasteiger partial charge in [-0.1, -0.05) is 53.7 Å². The molecule has 1 unspecified atom stereocenters. The Morgan fingerprint density at radius 3 is 2.47 bits per heavy atom. The highest BCUT2D eigenvalue weighted by Crippen LogP contribution is 2.37. The molecule has 2 aromatic carbocycles. The molecule has 2 amide bonds. The maximum Gasteiger partial charge on any atom is 0.264 e. The number of phenolic OH excluding ortho intramolecular Hbond substituents is 1. The van der Waals surface area contributed by atoms with Gasteiger partial charge in [0.05, 0.1) is 23.7 Å². The van der Waals surface area contributed by atoms with Crippen LogP contribution < -0.4 is 19.7 Å². The number of amides is 2. The fraction of sp³-hybridized carbons (Fsp3) is 0.588. The minimum Gasteiger partial charge on any atom is -0.505 e. The molecule has 2 aliphatic heterocycles. The third kappa shape index (κ3) is 8.70. The molecule has 1 saturated heterocycles. The maximum absolute atomic E-state index is 13.9. The van der Waals surface area contributed by atoms with Gasteiger partial charge in [0.2, 0.25) is 11.8 Å². The molecule has 0 spiro atoms. The molecule has 0 bridgehead atoms. The van der Waals surface area contributed by atoms with Crippen molar-refractivity contribution in [2.45, 2.75) is 78.2 Å². The Kier molecular flexibility index (Phi) is 11.1. The predicted molar refractivity (Wildman–Crippen MR) is 176 cm³/mol. The zero-order valence-electron chi connectivity index (χ0n) is 27.6. The number of carbonyl (C=O) groups excluding carboxylic acids is 2. The molecular formula is C34H50N4O6S. The number of anilines is 1. The van der Waals surface area contributed by atoms with E-state index in [0.717, 1.165) is 31.5 Å². The first kappa shape index (κ1) is 34.6. The van der Waals surface area contributed by atoms with Crippen LogP contribution in [0.5, 0.6) is 11.5 Å². The van der Waals surface area contributed by atoms with Gasteiger partial charge >= 0.3 is 0 Å². The molecule has 0 radical (unpaired) electrons. The Bertz CT molecular complexity index is 1460. The van der Waals surface area contributed by atoms with Crippen molar-refractivity contribution < 1.29 is 27.9 Å². The first-order valence-electron chi connectivity index (χ1n) is 16.1. The van der Waals surface area contributed by atoms with Crippen LogP contribution in [0.15, 0.2) is 41.3 Å². The van der Waals surface area contributed by atoms with E-state index in [4.69, 9.17) is 4.74 Å². The molecule has 0 saturated carbocycles. The summed E-state index contributed by atoms with van der Waals surface area (Å²) in [6.45, 7) is 14.7. The lowest BCUT2D eigenvalue weighted by molar-refractivity contribution is -0.132. The number of nitrogens with zero attached hydrogens (tertiary/aromatic N) is 2. The fourth-order valence-electron chi connectivity index (χ4n) is 5.90. The molecule has 1 fully saturated rings. The molecule has 2 heterocycles. The topological polar surface area (TPSA) is 128 Å². The molecule has 11 heteroatoms. The van der Waals surface area contributed by atoms with E-state index in [9.17, 15) is 23.1 Å². The SMILES string of the molecule is CC(C)CN(c1cccc(CC(C)CNC(=O)[C@H](NC(=O)CN2CCCC2)C(C)(C)C)c1O)S(=O)(=O)c1ccc2c(c1)CCO2. The monoisotopic (exact) mass is 642 g/mol. The number of nitrogens with one attached hydrogen (secondary N) is 2. The van der Waals surface area contributed by atoms with E-state index in [1.165, 1.54) is 4.31 Å². The van der Waals surface area contributed by atoms with E-state index < -0.39 is 21.5 Å². The number of rotatable bonds is 13. The van der Waals surface area contributed by atoms with E-state index in [0.29, 0.717) is 37.3 Å². The van der Waals surface area contributed by atoms with Crippen LogP contribution in [-0.4, -0.2) is 75.6 Å². The lowest BCUT2D eigenvalue weighted by Gasteiger charge is -2.31. The van der Waals surface area contributed by atoms with E-state index in [-0.39, 0.29) is 53.1 Å². The Hall–Kier alpha value is -3.31. The van der Waals surface area contributed by atoms with Crippen molar-refractivity contribution >= 4 is 27.5 Å². The van der Waals surface area contributed by atoms with Gasteiger partial charge in [-0.15, -0.1) is 0 Å². The van der Waals surface area contributed by atoms with Crippen LogP contribution in [0.2, 0.25) is 0 Å². The van der Waals surface area contributed by atoms with Crippen LogP contribution in [0.4, 0.5) is 5.69 Å². The number of aromatic hydroxyl groups is 1. The second-order valence-electron chi connectivity index (χ2n) is 14.0. The average molecular weight is 643 g/mol. The summed E-state index contributed by atoms with van der Waals surface area (Å²) in [6.07, 6.45) is 3.23. The van der Waals surface area contributed by atoms with Crippen LogP contribution in [0.25, 0.3) is 0 Å². The quantitative estimate of drug-likeness (QED) is 0.300. The van der Waals surface area contributed by atoms with Crippen LogP contribution >= 0.6 is 0 Å². The van der Waals surface area contributed by atoms with Gasteiger partial charge in [-0.25, -0.2) is 8.42 Å². The summed E-state index contributed by atoms with van der Waals surface area (Å²) in [7, 11) is -3.98. The third-order valence-electron chi connectivity index (χ3n) is 8.34. The molecule has 2 aliphatic rings. The second-order valence-corrected chi connectivity index (χ2v) is 15.8. The van der Waals surface area contributed by atoms with Crippen molar-refractivity contribution in [3.8, 4) is 11.5 Å². The molecule has 248 valence electrons. The fourth-order valence-corrected chi connectivity index (χ4v) is 7.59. The normalized spacial score (nSPS) is 16.6. The molecule has 0 aliphatic carbocycles. The summed E-state index contributed by atoms with van der Waals surface area (Å²) in [6, 6.07) is 9.37. The Morgan fingerprint density at radius 1 is 1.09 bits per heavy atom. The van der Waals surface area contributed by atoms with Gasteiger partial charge in [0.15, 0.2) is 0 Å². The standard InChI is InChI=1S/C34H50N4O6S/c1-23(2)21-38(45(42,43)27-12-13-29-25(19-27)14-17-44-29)28-11-9-10-26(31(28)40)18-24(3)20-35-33(41)32(34(4,5)6)36-30(39)22-37-15-7-8-16-37/h9-13,19,23-24,32,40H,7-8,14-18,20-22H2,1-6H3,(H,35,41)(H,36,39)/t24?,32-/m0/s1. The highest BCUT2D eigenvalue weighted by molar-refractivity contribution is 7.92. The number of carbonyl (C=O) groups is 2. The number of hydrogen-bond donors (Lipinski definition) is 3. The second kappa shape index (κ2) is 14.4. The van der Waals surface area contributed by atoms with Crippen molar-refractivity contribution in [3.63, 3.8) is 0 Å². The lowest BCUT2D eigenvalue weighted by Crippen LogP contribution is -2.55.